The molecule has 1 aromatic heterocycles. The van der Waals surface area contributed by atoms with E-state index in [0.717, 1.165) is 23.0 Å². The highest BCUT2D eigenvalue weighted by atomic mass is 16.6. The van der Waals surface area contributed by atoms with Crippen molar-refractivity contribution in [1.29, 1.82) is 0 Å². The monoisotopic (exact) mass is 260 g/mol. The van der Waals surface area contributed by atoms with Crippen LogP contribution in [0, 0.1) is 10.1 Å². The van der Waals surface area contributed by atoms with Crippen LogP contribution in [0.15, 0.2) is 36.5 Å². The first kappa shape index (κ1) is 13.2. The van der Waals surface area contributed by atoms with Crippen molar-refractivity contribution in [2.75, 3.05) is 13.1 Å². The van der Waals surface area contributed by atoms with Crippen molar-refractivity contribution in [3.63, 3.8) is 0 Å². The molecule has 2 aromatic rings. The van der Waals surface area contributed by atoms with Gasteiger partial charge >= 0.3 is 0 Å². The quantitative estimate of drug-likeness (QED) is 0.490. The lowest BCUT2D eigenvalue weighted by Crippen LogP contribution is -2.18. The summed E-state index contributed by atoms with van der Waals surface area (Å²) in [6.45, 7) is 8.15. The van der Waals surface area contributed by atoms with E-state index in [4.69, 9.17) is 0 Å². The van der Waals surface area contributed by atoms with E-state index >= 15 is 0 Å². The lowest BCUT2D eigenvalue weighted by molar-refractivity contribution is -0.384. The Morgan fingerprint density at radius 2 is 2.37 bits per heavy atom. The van der Waals surface area contributed by atoms with E-state index in [1.807, 2.05) is 6.92 Å². The van der Waals surface area contributed by atoms with Crippen LogP contribution in [0.4, 0.5) is 5.69 Å². The number of aromatic nitrogens is 2. The smallest absolute Gasteiger partial charge is 0.271 e. The maximum absolute atomic E-state index is 10.8. The SMILES string of the molecule is C=C(CNCC)Cn1ncc2ccc([N+](=O)[O-])cc21. The van der Waals surface area contributed by atoms with Crippen LogP contribution in [0.2, 0.25) is 0 Å². The molecule has 1 heterocycles. The average molecular weight is 260 g/mol. The van der Waals surface area contributed by atoms with Crippen LogP contribution < -0.4 is 5.32 Å². The highest BCUT2D eigenvalue weighted by molar-refractivity contribution is 5.81. The van der Waals surface area contributed by atoms with Crippen molar-refractivity contribution in [2.24, 2.45) is 0 Å². The fourth-order valence-electron chi connectivity index (χ4n) is 1.87. The number of rotatable bonds is 6. The number of non-ortho nitro benzene ring substituents is 1. The van der Waals surface area contributed by atoms with Crippen molar-refractivity contribution < 1.29 is 4.92 Å². The number of hydrogen-bond acceptors (Lipinski definition) is 4. The molecule has 100 valence electrons. The second-order valence-electron chi connectivity index (χ2n) is 4.33. The Labute approximate surface area is 110 Å². The van der Waals surface area contributed by atoms with Crippen LogP contribution >= 0.6 is 0 Å². The molecule has 0 bridgehead atoms. The van der Waals surface area contributed by atoms with E-state index in [-0.39, 0.29) is 5.69 Å². The third kappa shape index (κ3) is 2.97. The summed E-state index contributed by atoms with van der Waals surface area (Å²) in [5.74, 6) is 0. The molecule has 1 N–H and O–H groups in total. The molecule has 0 saturated heterocycles. The number of fused-ring (bicyclic) bond motifs is 1. The zero-order valence-electron chi connectivity index (χ0n) is 10.8. The number of nitro benzene ring substituents is 1. The fourth-order valence-corrected chi connectivity index (χ4v) is 1.87. The highest BCUT2D eigenvalue weighted by Crippen LogP contribution is 2.20. The molecule has 1 aromatic carbocycles. The highest BCUT2D eigenvalue weighted by Gasteiger charge is 2.10. The Morgan fingerprint density at radius 1 is 1.58 bits per heavy atom. The molecule has 6 heteroatoms. The average Bonchev–Trinajstić information content (AvgIpc) is 2.78. The zero-order chi connectivity index (χ0) is 13.8. The Morgan fingerprint density at radius 3 is 3.05 bits per heavy atom. The van der Waals surface area contributed by atoms with Crippen molar-refractivity contribution in [3.05, 3.63) is 46.7 Å². The van der Waals surface area contributed by atoms with Gasteiger partial charge in [-0.25, -0.2) is 0 Å². The molecular formula is C13H16N4O2. The summed E-state index contributed by atoms with van der Waals surface area (Å²) in [5, 5.41) is 19.1. The lowest BCUT2D eigenvalue weighted by Gasteiger charge is -2.07. The molecule has 0 fully saturated rings. The van der Waals surface area contributed by atoms with Gasteiger partial charge in [0.15, 0.2) is 0 Å². The van der Waals surface area contributed by atoms with Gasteiger partial charge in [0.2, 0.25) is 0 Å². The number of nitrogens with zero attached hydrogens (tertiary/aromatic N) is 3. The molecule has 0 amide bonds. The van der Waals surface area contributed by atoms with Gasteiger partial charge in [0, 0.05) is 24.1 Å². The molecule has 6 nitrogen and oxygen atoms in total. The molecule has 0 aliphatic heterocycles. The summed E-state index contributed by atoms with van der Waals surface area (Å²) in [6.07, 6.45) is 1.71. The zero-order valence-corrected chi connectivity index (χ0v) is 10.8. The van der Waals surface area contributed by atoms with Gasteiger partial charge in [0.05, 0.1) is 23.2 Å². The van der Waals surface area contributed by atoms with Gasteiger partial charge in [-0.1, -0.05) is 13.5 Å². The minimum absolute atomic E-state index is 0.0755. The van der Waals surface area contributed by atoms with Gasteiger partial charge in [0.25, 0.3) is 5.69 Å². The summed E-state index contributed by atoms with van der Waals surface area (Å²) in [4.78, 5) is 10.4. The molecule has 19 heavy (non-hydrogen) atoms. The van der Waals surface area contributed by atoms with E-state index in [2.05, 4.69) is 17.0 Å². The molecule has 0 saturated carbocycles. The van der Waals surface area contributed by atoms with Gasteiger partial charge in [-0.15, -0.1) is 0 Å². The number of nitrogens with one attached hydrogen (secondary N) is 1. The third-order valence-electron chi connectivity index (χ3n) is 2.84. The van der Waals surface area contributed by atoms with E-state index < -0.39 is 4.92 Å². The second-order valence-corrected chi connectivity index (χ2v) is 4.33. The van der Waals surface area contributed by atoms with Gasteiger partial charge < -0.3 is 5.32 Å². The summed E-state index contributed by atoms with van der Waals surface area (Å²) in [7, 11) is 0. The lowest BCUT2D eigenvalue weighted by atomic mass is 10.2. The van der Waals surface area contributed by atoms with Crippen LogP contribution in [-0.4, -0.2) is 27.8 Å². The number of benzene rings is 1. The Kier molecular flexibility index (Phi) is 3.91. The normalized spacial score (nSPS) is 10.8. The molecule has 0 unspecified atom stereocenters. The first-order valence-electron chi connectivity index (χ1n) is 6.09. The summed E-state index contributed by atoms with van der Waals surface area (Å²) in [6, 6.07) is 4.74. The van der Waals surface area contributed by atoms with Crippen molar-refractivity contribution in [1.82, 2.24) is 15.1 Å². The second kappa shape index (κ2) is 5.62. The summed E-state index contributed by atoms with van der Waals surface area (Å²) < 4.78 is 1.74. The van der Waals surface area contributed by atoms with Gasteiger partial charge in [0.1, 0.15) is 0 Å². The van der Waals surface area contributed by atoms with Gasteiger partial charge in [-0.3, -0.25) is 14.8 Å². The Bertz CT molecular complexity index is 618. The van der Waals surface area contributed by atoms with Gasteiger partial charge in [-0.2, -0.15) is 5.10 Å². The number of likely N-dealkylation sites (N-methyl/N-ethyl adjacent to an activating group) is 1. The molecule has 0 radical (unpaired) electrons. The predicted molar refractivity (Wildman–Crippen MR) is 74.1 cm³/mol. The van der Waals surface area contributed by atoms with E-state index in [0.29, 0.717) is 13.1 Å². The maximum Gasteiger partial charge on any atom is 0.271 e. The Balaban J connectivity index is 2.25. The van der Waals surface area contributed by atoms with Crippen molar-refractivity contribution >= 4 is 16.6 Å². The van der Waals surface area contributed by atoms with Gasteiger partial charge in [-0.05, 0) is 18.2 Å². The first-order chi connectivity index (χ1) is 9.11. The van der Waals surface area contributed by atoms with Crippen LogP contribution in [-0.2, 0) is 6.54 Å². The van der Waals surface area contributed by atoms with Crippen LogP contribution in [0.25, 0.3) is 10.9 Å². The Hall–Kier alpha value is -2.21. The number of hydrogen-bond donors (Lipinski definition) is 1. The van der Waals surface area contributed by atoms with Crippen LogP contribution in [0.3, 0.4) is 0 Å². The summed E-state index contributed by atoms with van der Waals surface area (Å²) >= 11 is 0. The summed E-state index contributed by atoms with van der Waals surface area (Å²) in [5.41, 5.74) is 1.82. The fraction of sp³-hybridized carbons (Fsp3) is 0.308. The molecule has 0 spiro atoms. The number of nitro groups is 1. The molecule has 0 atom stereocenters. The van der Waals surface area contributed by atoms with E-state index in [1.165, 1.54) is 6.07 Å². The van der Waals surface area contributed by atoms with E-state index in [1.54, 1.807) is 23.0 Å². The molecule has 2 rings (SSSR count). The van der Waals surface area contributed by atoms with Crippen molar-refractivity contribution in [2.45, 2.75) is 13.5 Å². The van der Waals surface area contributed by atoms with E-state index in [9.17, 15) is 10.1 Å². The van der Waals surface area contributed by atoms with Crippen LogP contribution in [0.5, 0.6) is 0 Å². The minimum Gasteiger partial charge on any atom is -0.313 e. The predicted octanol–water partition coefficient (Wildman–Crippen LogP) is 2.11. The topological polar surface area (TPSA) is 73.0 Å². The minimum atomic E-state index is -0.399. The third-order valence-corrected chi connectivity index (χ3v) is 2.84. The largest absolute Gasteiger partial charge is 0.313 e. The molecular weight excluding hydrogens is 244 g/mol. The van der Waals surface area contributed by atoms with Crippen molar-refractivity contribution in [3.8, 4) is 0 Å². The maximum atomic E-state index is 10.8. The molecule has 0 aliphatic carbocycles. The first-order valence-corrected chi connectivity index (χ1v) is 6.09. The van der Waals surface area contributed by atoms with Crippen LogP contribution in [0.1, 0.15) is 6.92 Å². The standard InChI is InChI=1S/C13H16N4O2/c1-3-14-7-10(2)9-16-13-6-12(17(18)19)5-4-11(13)8-15-16/h4-6,8,14H,2-3,7,9H2,1H3. The molecule has 0 aliphatic rings.